The minimum absolute atomic E-state index is 0. The monoisotopic (exact) mass is 316 g/mol. The second-order valence-corrected chi connectivity index (χ2v) is 6.09. The summed E-state index contributed by atoms with van der Waals surface area (Å²) in [5.74, 6) is -0.126. The highest BCUT2D eigenvalue weighted by Gasteiger charge is 2.44. The van der Waals surface area contributed by atoms with Gasteiger partial charge in [-0.2, -0.15) is 0 Å². The normalized spacial score (nSPS) is 18.6. The molecule has 2 unspecified atom stereocenters. The Morgan fingerprint density at radius 1 is 1.45 bits per heavy atom. The molecule has 2 rings (SSSR count). The number of benzene rings is 1. The van der Waals surface area contributed by atoms with Crippen LogP contribution in [-0.2, 0) is 10.2 Å². The van der Waals surface area contributed by atoms with Gasteiger partial charge in [0.25, 0.3) is 0 Å². The fourth-order valence-corrected chi connectivity index (χ4v) is 2.38. The van der Waals surface area contributed by atoms with Crippen LogP contribution in [0, 0.1) is 5.92 Å². The molecule has 20 heavy (non-hydrogen) atoms. The van der Waals surface area contributed by atoms with Gasteiger partial charge in [-0.1, -0.05) is 30.7 Å². The minimum atomic E-state index is -0.157. The fourth-order valence-electron chi connectivity index (χ4n) is 2.19. The van der Waals surface area contributed by atoms with Crippen molar-refractivity contribution in [3.05, 3.63) is 34.9 Å². The van der Waals surface area contributed by atoms with Gasteiger partial charge in [0.15, 0.2) is 0 Å². The van der Waals surface area contributed by atoms with E-state index in [4.69, 9.17) is 17.3 Å². The summed E-state index contributed by atoms with van der Waals surface area (Å²) in [6.07, 6.45) is 2.19. The van der Waals surface area contributed by atoms with Crippen molar-refractivity contribution in [2.24, 2.45) is 11.7 Å². The second kappa shape index (κ2) is 6.79. The molecule has 0 bridgehead atoms. The van der Waals surface area contributed by atoms with E-state index in [1.807, 2.05) is 32.0 Å². The molecule has 0 aromatic heterocycles. The van der Waals surface area contributed by atoms with Crippen LogP contribution >= 0.6 is 24.0 Å². The Bertz CT molecular complexity index is 473. The van der Waals surface area contributed by atoms with Crippen LogP contribution in [0.15, 0.2) is 24.3 Å². The number of amides is 1. The molecule has 1 aromatic carbocycles. The smallest absolute Gasteiger partial charge is 0.224 e. The molecule has 1 fully saturated rings. The first-order valence-corrected chi connectivity index (χ1v) is 7.12. The van der Waals surface area contributed by atoms with E-state index in [9.17, 15) is 4.79 Å². The molecule has 1 amide bonds. The summed E-state index contributed by atoms with van der Waals surface area (Å²) >= 11 is 6.03. The van der Waals surface area contributed by atoms with Crippen molar-refractivity contribution in [3.8, 4) is 0 Å². The van der Waals surface area contributed by atoms with Crippen LogP contribution in [0.5, 0.6) is 0 Å². The molecule has 0 aliphatic heterocycles. The van der Waals surface area contributed by atoms with Crippen molar-refractivity contribution in [2.45, 2.75) is 38.1 Å². The maximum atomic E-state index is 11.9. The van der Waals surface area contributed by atoms with Crippen LogP contribution in [0.4, 0.5) is 0 Å². The molecule has 2 atom stereocenters. The lowest BCUT2D eigenvalue weighted by Crippen LogP contribution is -2.41. The van der Waals surface area contributed by atoms with Gasteiger partial charge < -0.3 is 11.1 Å². The largest absolute Gasteiger partial charge is 0.355 e. The molecule has 0 spiro atoms. The molecule has 0 radical (unpaired) electrons. The third kappa shape index (κ3) is 3.87. The van der Waals surface area contributed by atoms with Crippen LogP contribution in [0.2, 0.25) is 5.02 Å². The molecule has 3 nitrogen and oxygen atoms in total. The van der Waals surface area contributed by atoms with Crippen molar-refractivity contribution < 1.29 is 4.79 Å². The van der Waals surface area contributed by atoms with Crippen LogP contribution in [-0.4, -0.2) is 18.5 Å². The van der Waals surface area contributed by atoms with E-state index < -0.39 is 0 Å². The van der Waals surface area contributed by atoms with Gasteiger partial charge in [-0.3, -0.25) is 4.79 Å². The van der Waals surface area contributed by atoms with Gasteiger partial charge in [0, 0.05) is 28.9 Å². The number of rotatable bonds is 5. The van der Waals surface area contributed by atoms with Crippen LogP contribution in [0.3, 0.4) is 0 Å². The third-order valence-corrected chi connectivity index (χ3v) is 4.33. The van der Waals surface area contributed by atoms with Crippen LogP contribution < -0.4 is 11.1 Å². The summed E-state index contributed by atoms with van der Waals surface area (Å²) in [6.45, 7) is 4.39. The van der Waals surface area contributed by atoms with Crippen molar-refractivity contribution in [3.63, 3.8) is 0 Å². The zero-order chi connectivity index (χ0) is 14.0. The Labute approximate surface area is 131 Å². The summed E-state index contributed by atoms with van der Waals surface area (Å²) in [5.41, 5.74) is 7.04. The molecule has 1 aromatic rings. The maximum absolute atomic E-state index is 11.9. The van der Waals surface area contributed by atoms with Crippen molar-refractivity contribution in [2.75, 3.05) is 6.54 Å². The van der Waals surface area contributed by atoms with Gasteiger partial charge in [-0.05, 0) is 37.5 Å². The topological polar surface area (TPSA) is 55.1 Å². The first kappa shape index (κ1) is 17.3. The van der Waals surface area contributed by atoms with E-state index >= 15 is 0 Å². The number of carbonyl (C=O) groups excluding carboxylic acids is 1. The van der Waals surface area contributed by atoms with Crippen molar-refractivity contribution in [1.29, 1.82) is 0 Å². The van der Waals surface area contributed by atoms with Crippen LogP contribution in [0.25, 0.3) is 0 Å². The molecular formula is C15H22Cl2N2O. The predicted molar refractivity (Wildman–Crippen MR) is 85.4 cm³/mol. The molecule has 1 aliphatic carbocycles. The van der Waals surface area contributed by atoms with E-state index in [-0.39, 0.29) is 35.7 Å². The number of nitrogens with one attached hydrogen (secondary N) is 1. The summed E-state index contributed by atoms with van der Waals surface area (Å²) in [6, 6.07) is 7.79. The van der Waals surface area contributed by atoms with E-state index in [0.29, 0.717) is 6.54 Å². The zero-order valence-electron chi connectivity index (χ0n) is 11.9. The maximum Gasteiger partial charge on any atom is 0.224 e. The zero-order valence-corrected chi connectivity index (χ0v) is 13.4. The number of hydrogen-bond acceptors (Lipinski definition) is 2. The standard InChI is InChI=1S/C15H21ClN2O.ClH/c1-10(11(2)17)14(19)18-9-15(6-7-15)12-4-3-5-13(16)8-12;/h3-5,8,10-11H,6-7,9,17H2,1-2H3,(H,18,19);1H. The highest BCUT2D eigenvalue weighted by molar-refractivity contribution is 6.30. The molecule has 112 valence electrons. The number of halogens is 2. The van der Waals surface area contributed by atoms with E-state index in [1.165, 1.54) is 5.56 Å². The Kier molecular flexibility index (Phi) is 5.87. The first-order chi connectivity index (χ1) is 8.94. The molecule has 5 heteroatoms. The molecule has 0 heterocycles. The molecule has 0 saturated heterocycles. The van der Waals surface area contributed by atoms with Gasteiger partial charge in [-0.25, -0.2) is 0 Å². The average Bonchev–Trinajstić information content (AvgIpc) is 3.16. The minimum Gasteiger partial charge on any atom is -0.355 e. The van der Waals surface area contributed by atoms with Gasteiger partial charge in [0.1, 0.15) is 0 Å². The van der Waals surface area contributed by atoms with Gasteiger partial charge in [0.05, 0.1) is 0 Å². The van der Waals surface area contributed by atoms with E-state index in [1.54, 1.807) is 0 Å². The lowest BCUT2D eigenvalue weighted by Gasteiger charge is -2.20. The molecule has 3 N–H and O–H groups in total. The Balaban J connectivity index is 0.00000200. The average molecular weight is 317 g/mol. The van der Waals surface area contributed by atoms with E-state index in [0.717, 1.165) is 17.9 Å². The number of carbonyl (C=O) groups is 1. The quantitative estimate of drug-likeness (QED) is 0.877. The Hall–Kier alpha value is -0.770. The van der Waals surface area contributed by atoms with Crippen LogP contribution in [0.1, 0.15) is 32.3 Å². The summed E-state index contributed by atoms with van der Waals surface area (Å²) in [4.78, 5) is 11.9. The van der Waals surface area contributed by atoms with Gasteiger partial charge >= 0.3 is 0 Å². The van der Waals surface area contributed by atoms with Gasteiger partial charge in [-0.15, -0.1) is 12.4 Å². The molecule has 1 saturated carbocycles. The molecular weight excluding hydrogens is 295 g/mol. The summed E-state index contributed by atoms with van der Waals surface area (Å²) in [7, 11) is 0. The fraction of sp³-hybridized carbons (Fsp3) is 0.533. The first-order valence-electron chi connectivity index (χ1n) is 6.74. The highest BCUT2D eigenvalue weighted by Crippen LogP contribution is 2.48. The highest BCUT2D eigenvalue weighted by atomic mass is 35.5. The number of nitrogens with two attached hydrogens (primary N) is 1. The lowest BCUT2D eigenvalue weighted by molar-refractivity contribution is -0.125. The van der Waals surface area contributed by atoms with Gasteiger partial charge in [0.2, 0.25) is 5.91 Å². The Morgan fingerprint density at radius 3 is 2.60 bits per heavy atom. The number of hydrogen-bond donors (Lipinski definition) is 2. The lowest BCUT2D eigenvalue weighted by atomic mass is 9.95. The predicted octanol–water partition coefficient (Wildman–Crippen LogP) is 2.89. The summed E-state index contributed by atoms with van der Waals surface area (Å²) in [5, 5.41) is 3.77. The SMILES string of the molecule is CC(N)C(C)C(=O)NCC1(c2cccc(Cl)c2)CC1.Cl. The second-order valence-electron chi connectivity index (χ2n) is 5.66. The van der Waals surface area contributed by atoms with E-state index in [2.05, 4.69) is 11.4 Å². The summed E-state index contributed by atoms with van der Waals surface area (Å²) < 4.78 is 0. The Morgan fingerprint density at radius 2 is 2.10 bits per heavy atom. The van der Waals surface area contributed by atoms with Crippen molar-refractivity contribution >= 4 is 29.9 Å². The van der Waals surface area contributed by atoms with Crippen molar-refractivity contribution in [1.82, 2.24) is 5.32 Å². The third-order valence-electron chi connectivity index (χ3n) is 4.09. The molecule has 1 aliphatic rings.